The monoisotopic (exact) mass is 280 g/mol. The van der Waals surface area contributed by atoms with Crippen molar-refractivity contribution in [2.75, 3.05) is 19.6 Å². The highest BCUT2D eigenvalue weighted by molar-refractivity contribution is 5.00. The van der Waals surface area contributed by atoms with E-state index in [1.165, 1.54) is 58.2 Å². The van der Waals surface area contributed by atoms with Gasteiger partial charge in [-0.3, -0.25) is 4.90 Å². The van der Waals surface area contributed by atoms with Gasteiger partial charge >= 0.3 is 0 Å². The Balaban J connectivity index is 2.01. The first-order valence-electron chi connectivity index (χ1n) is 8.80. The van der Waals surface area contributed by atoms with Gasteiger partial charge in [0, 0.05) is 24.7 Å². The predicted octanol–water partition coefficient (Wildman–Crippen LogP) is 4.06. The number of nitrogens with zero attached hydrogens (tertiary/aromatic N) is 1. The molecule has 1 spiro atoms. The number of hydrogen-bond acceptors (Lipinski definition) is 2. The lowest BCUT2D eigenvalue weighted by atomic mass is 9.78. The Morgan fingerprint density at radius 2 is 1.80 bits per heavy atom. The highest BCUT2D eigenvalue weighted by Crippen LogP contribution is 2.33. The number of piperazine rings is 1. The highest BCUT2D eigenvalue weighted by atomic mass is 15.3. The van der Waals surface area contributed by atoms with Gasteiger partial charge in [0.05, 0.1) is 0 Å². The van der Waals surface area contributed by atoms with Crippen LogP contribution in [0.1, 0.15) is 73.1 Å². The Bertz CT molecular complexity index is 297. The summed E-state index contributed by atoms with van der Waals surface area (Å²) in [5, 5.41) is 3.95. The summed E-state index contributed by atoms with van der Waals surface area (Å²) >= 11 is 0. The molecule has 2 nitrogen and oxygen atoms in total. The summed E-state index contributed by atoms with van der Waals surface area (Å²) in [5.74, 6) is 0.753. The van der Waals surface area contributed by atoms with Crippen LogP contribution < -0.4 is 5.32 Å². The van der Waals surface area contributed by atoms with Crippen LogP contribution in [-0.4, -0.2) is 36.1 Å². The number of nitrogens with one attached hydrogen (secondary N) is 1. The van der Waals surface area contributed by atoms with E-state index in [4.69, 9.17) is 0 Å². The summed E-state index contributed by atoms with van der Waals surface area (Å²) < 4.78 is 0. The third kappa shape index (κ3) is 4.21. The Labute approximate surface area is 126 Å². The van der Waals surface area contributed by atoms with Crippen LogP contribution in [0.3, 0.4) is 0 Å². The fraction of sp³-hybridized carbons (Fsp3) is 1.00. The lowest BCUT2D eigenvalue weighted by Crippen LogP contribution is -2.66. The van der Waals surface area contributed by atoms with Crippen molar-refractivity contribution >= 4 is 0 Å². The summed E-state index contributed by atoms with van der Waals surface area (Å²) in [5.41, 5.74) is 0.896. The molecule has 1 unspecified atom stereocenters. The third-order valence-electron chi connectivity index (χ3n) is 5.39. The lowest BCUT2D eigenvalue weighted by Gasteiger charge is -2.51. The van der Waals surface area contributed by atoms with Crippen LogP contribution in [0.2, 0.25) is 0 Å². The predicted molar refractivity (Wildman–Crippen MR) is 88.1 cm³/mol. The van der Waals surface area contributed by atoms with Crippen molar-refractivity contribution in [2.24, 2.45) is 11.3 Å². The molecule has 0 aromatic carbocycles. The molecule has 0 aromatic rings. The Morgan fingerprint density at radius 1 is 1.15 bits per heavy atom. The van der Waals surface area contributed by atoms with Crippen molar-refractivity contribution in [3.05, 3.63) is 0 Å². The minimum atomic E-state index is 0.446. The van der Waals surface area contributed by atoms with E-state index in [2.05, 4.69) is 44.8 Å². The van der Waals surface area contributed by atoms with Gasteiger partial charge in [-0.25, -0.2) is 0 Å². The van der Waals surface area contributed by atoms with Gasteiger partial charge < -0.3 is 5.32 Å². The number of hydrogen-bond donors (Lipinski definition) is 1. The Hall–Kier alpha value is -0.0800. The highest BCUT2D eigenvalue weighted by Gasteiger charge is 2.40. The van der Waals surface area contributed by atoms with E-state index in [0.29, 0.717) is 11.0 Å². The summed E-state index contributed by atoms with van der Waals surface area (Å²) in [7, 11) is 0. The molecule has 2 heteroatoms. The first kappa shape index (κ1) is 16.3. The first-order chi connectivity index (χ1) is 9.31. The van der Waals surface area contributed by atoms with Crippen LogP contribution >= 0.6 is 0 Å². The quantitative estimate of drug-likeness (QED) is 0.839. The van der Waals surface area contributed by atoms with Crippen molar-refractivity contribution in [1.29, 1.82) is 0 Å². The lowest BCUT2D eigenvalue weighted by molar-refractivity contribution is 0.0298. The topological polar surface area (TPSA) is 15.3 Å². The second-order valence-electron chi connectivity index (χ2n) is 8.81. The van der Waals surface area contributed by atoms with Crippen molar-refractivity contribution in [2.45, 2.75) is 84.7 Å². The Morgan fingerprint density at radius 3 is 2.35 bits per heavy atom. The fourth-order valence-electron chi connectivity index (χ4n) is 3.96. The van der Waals surface area contributed by atoms with Crippen molar-refractivity contribution in [3.8, 4) is 0 Å². The van der Waals surface area contributed by atoms with E-state index in [1.54, 1.807) is 0 Å². The smallest absolute Gasteiger partial charge is 0.0309 e. The third-order valence-corrected chi connectivity index (χ3v) is 5.39. The standard InChI is InChI=1S/C18H36N2/c1-15(2)16-13-19-18(9-7-6-8-10-18)14-20(16)12-11-17(3,4)5/h15-16,19H,6-14H2,1-5H3. The zero-order chi connectivity index (χ0) is 14.8. The van der Waals surface area contributed by atoms with Crippen LogP contribution in [0.15, 0.2) is 0 Å². The molecule has 2 aliphatic rings. The van der Waals surface area contributed by atoms with Gasteiger partial charge in [0.25, 0.3) is 0 Å². The largest absolute Gasteiger partial charge is 0.308 e. The molecule has 2 fully saturated rings. The SMILES string of the molecule is CC(C)C1CNC2(CCCCC2)CN1CCC(C)(C)C. The van der Waals surface area contributed by atoms with E-state index in [1.807, 2.05) is 0 Å². The van der Waals surface area contributed by atoms with Crippen molar-refractivity contribution in [1.82, 2.24) is 10.2 Å². The molecule has 2 rings (SSSR count). The molecule has 0 amide bonds. The van der Waals surface area contributed by atoms with Gasteiger partial charge in [-0.2, -0.15) is 0 Å². The molecule has 0 bridgehead atoms. The van der Waals surface area contributed by atoms with Crippen LogP contribution in [0, 0.1) is 11.3 Å². The summed E-state index contributed by atoms with van der Waals surface area (Å²) in [6.07, 6.45) is 8.39. The molecule has 1 N–H and O–H groups in total. The van der Waals surface area contributed by atoms with Crippen LogP contribution in [0.4, 0.5) is 0 Å². The number of rotatable bonds is 3. The van der Waals surface area contributed by atoms with E-state index < -0.39 is 0 Å². The van der Waals surface area contributed by atoms with E-state index in [0.717, 1.165) is 12.0 Å². The molecular formula is C18H36N2. The molecule has 1 saturated carbocycles. The fourth-order valence-corrected chi connectivity index (χ4v) is 3.96. The first-order valence-corrected chi connectivity index (χ1v) is 8.80. The molecule has 20 heavy (non-hydrogen) atoms. The van der Waals surface area contributed by atoms with E-state index in [-0.39, 0.29) is 0 Å². The molecule has 118 valence electrons. The second-order valence-corrected chi connectivity index (χ2v) is 8.81. The van der Waals surface area contributed by atoms with Crippen LogP contribution in [0.25, 0.3) is 0 Å². The van der Waals surface area contributed by atoms with Crippen LogP contribution in [0.5, 0.6) is 0 Å². The normalized spacial score (nSPS) is 28.2. The molecule has 0 radical (unpaired) electrons. The maximum atomic E-state index is 3.95. The van der Waals surface area contributed by atoms with E-state index in [9.17, 15) is 0 Å². The average molecular weight is 280 g/mol. The summed E-state index contributed by atoms with van der Waals surface area (Å²) in [4.78, 5) is 2.82. The van der Waals surface area contributed by atoms with Gasteiger partial charge in [0.15, 0.2) is 0 Å². The van der Waals surface area contributed by atoms with Gasteiger partial charge in [-0.1, -0.05) is 53.9 Å². The maximum Gasteiger partial charge on any atom is 0.0309 e. The average Bonchev–Trinajstić information content (AvgIpc) is 2.36. The zero-order valence-electron chi connectivity index (χ0n) is 14.5. The van der Waals surface area contributed by atoms with E-state index >= 15 is 0 Å². The second kappa shape index (κ2) is 6.36. The van der Waals surface area contributed by atoms with Crippen molar-refractivity contribution < 1.29 is 0 Å². The summed E-state index contributed by atoms with van der Waals surface area (Å²) in [6.45, 7) is 15.6. The molecule has 1 heterocycles. The Kier molecular flexibility index (Phi) is 5.18. The van der Waals surface area contributed by atoms with Crippen molar-refractivity contribution in [3.63, 3.8) is 0 Å². The molecule has 0 aromatic heterocycles. The van der Waals surface area contributed by atoms with Gasteiger partial charge in [-0.15, -0.1) is 0 Å². The minimum absolute atomic E-state index is 0.446. The van der Waals surface area contributed by atoms with Gasteiger partial charge in [-0.05, 0) is 37.1 Å². The maximum absolute atomic E-state index is 3.95. The molecule has 1 aliphatic heterocycles. The summed E-state index contributed by atoms with van der Waals surface area (Å²) in [6, 6.07) is 0.727. The van der Waals surface area contributed by atoms with Crippen LogP contribution in [-0.2, 0) is 0 Å². The van der Waals surface area contributed by atoms with Gasteiger partial charge in [0.1, 0.15) is 0 Å². The molecule has 1 saturated heterocycles. The molecular weight excluding hydrogens is 244 g/mol. The zero-order valence-corrected chi connectivity index (χ0v) is 14.5. The van der Waals surface area contributed by atoms with Gasteiger partial charge in [0.2, 0.25) is 0 Å². The molecule has 1 aliphatic carbocycles. The minimum Gasteiger partial charge on any atom is -0.308 e. The molecule has 1 atom stereocenters.